The van der Waals surface area contributed by atoms with E-state index in [4.69, 9.17) is 0 Å². The number of nitrogens with zero attached hydrogens (tertiary/aromatic N) is 3. The van der Waals surface area contributed by atoms with Crippen LogP contribution >= 0.6 is 0 Å². The highest BCUT2D eigenvalue weighted by Gasteiger charge is 2.39. The number of hydrogen-bond acceptors (Lipinski definition) is 4. The second kappa shape index (κ2) is 5.93. The molecule has 116 valence electrons. The topological polar surface area (TPSA) is 53.5 Å². The lowest BCUT2D eigenvalue weighted by Gasteiger charge is -2.34. The lowest BCUT2D eigenvalue weighted by Crippen LogP contribution is -2.40. The van der Waals surface area contributed by atoms with E-state index in [2.05, 4.69) is 9.88 Å². The van der Waals surface area contributed by atoms with Gasteiger partial charge in [0, 0.05) is 32.9 Å². The fraction of sp³-hybridized carbons (Fsp3) is 0.667. The summed E-state index contributed by atoms with van der Waals surface area (Å²) in [6, 6.07) is 5.96. The second-order valence-electron chi connectivity index (χ2n) is 6.14. The molecule has 2 fully saturated rings. The van der Waals surface area contributed by atoms with E-state index in [0.29, 0.717) is 12.5 Å². The van der Waals surface area contributed by atoms with Gasteiger partial charge in [0.1, 0.15) is 5.82 Å². The first-order valence-electron chi connectivity index (χ1n) is 7.68. The molecule has 1 aliphatic carbocycles. The van der Waals surface area contributed by atoms with Gasteiger partial charge in [0.2, 0.25) is 10.0 Å². The van der Waals surface area contributed by atoms with E-state index in [1.165, 1.54) is 0 Å². The van der Waals surface area contributed by atoms with Crippen molar-refractivity contribution in [3.8, 4) is 0 Å². The first-order valence-corrected chi connectivity index (χ1v) is 9.19. The summed E-state index contributed by atoms with van der Waals surface area (Å²) in [5, 5.41) is -0.101. The SMILES string of the molecule is CN(CC1CCN(c2ccccn2)CC1)S(=O)(=O)C1CC1. The van der Waals surface area contributed by atoms with Crippen molar-refractivity contribution in [2.75, 3.05) is 31.6 Å². The predicted molar refractivity (Wildman–Crippen MR) is 83.7 cm³/mol. The summed E-state index contributed by atoms with van der Waals surface area (Å²) in [7, 11) is -1.29. The highest BCUT2D eigenvalue weighted by Crippen LogP contribution is 2.31. The summed E-state index contributed by atoms with van der Waals surface area (Å²) in [6.45, 7) is 2.58. The van der Waals surface area contributed by atoms with Gasteiger partial charge in [-0.25, -0.2) is 17.7 Å². The van der Waals surface area contributed by atoms with Crippen LogP contribution in [0.2, 0.25) is 0 Å². The minimum absolute atomic E-state index is 0.101. The molecule has 21 heavy (non-hydrogen) atoms. The maximum Gasteiger partial charge on any atom is 0.216 e. The van der Waals surface area contributed by atoms with Crippen LogP contribution in [0, 0.1) is 5.92 Å². The molecule has 0 aromatic carbocycles. The standard InChI is InChI=1S/C15H23N3O2S/c1-17(21(19,20)14-5-6-14)12-13-7-10-18(11-8-13)15-4-2-3-9-16-15/h2-4,9,13-14H,5-8,10-12H2,1H3. The average Bonchev–Trinajstić information content (AvgIpc) is 3.34. The van der Waals surface area contributed by atoms with Gasteiger partial charge in [-0.1, -0.05) is 6.07 Å². The van der Waals surface area contributed by atoms with E-state index in [9.17, 15) is 8.42 Å². The summed E-state index contributed by atoms with van der Waals surface area (Å²) in [4.78, 5) is 6.66. The maximum atomic E-state index is 12.2. The highest BCUT2D eigenvalue weighted by atomic mass is 32.2. The number of piperidine rings is 1. The third-order valence-corrected chi connectivity index (χ3v) is 6.81. The van der Waals surface area contributed by atoms with Gasteiger partial charge in [0.05, 0.1) is 5.25 Å². The lowest BCUT2D eigenvalue weighted by atomic mass is 9.97. The number of anilines is 1. The van der Waals surface area contributed by atoms with Crippen molar-refractivity contribution in [3.05, 3.63) is 24.4 Å². The maximum absolute atomic E-state index is 12.2. The van der Waals surface area contributed by atoms with Crippen LogP contribution in [0.5, 0.6) is 0 Å². The Hall–Kier alpha value is -1.14. The van der Waals surface area contributed by atoms with Gasteiger partial charge in [-0.3, -0.25) is 0 Å². The van der Waals surface area contributed by atoms with Crippen molar-refractivity contribution >= 4 is 15.8 Å². The van der Waals surface area contributed by atoms with E-state index in [-0.39, 0.29) is 5.25 Å². The average molecular weight is 309 g/mol. The Bertz CT molecular complexity index is 564. The molecule has 1 saturated heterocycles. The molecule has 6 heteroatoms. The molecule has 0 unspecified atom stereocenters. The van der Waals surface area contributed by atoms with Gasteiger partial charge in [0.25, 0.3) is 0 Å². The van der Waals surface area contributed by atoms with Crippen LogP contribution in [0.25, 0.3) is 0 Å². The van der Waals surface area contributed by atoms with E-state index in [0.717, 1.165) is 44.6 Å². The molecule has 0 N–H and O–H groups in total. The number of sulfonamides is 1. The third-order valence-electron chi connectivity index (χ3n) is 4.48. The molecule has 5 nitrogen and oxygen atoms in total. The zero-order valence-electron chi connectivity index (χ0n) is 12.5. The monoisotopic (exact) mass is 309 g/mol. The van der Waals surface area contributed by atoms with Crippen molar-refractivity contribution in [1.29, 1.82) is 0 Å². The Balaban J connectivity index is 1.52. The number of pyridine rings is 1. The summed E-state index contributed by atoms with van der Waals surface area (Å²) >= 11 is 0. The molecule has 2 aliphatic rings. The summed E-state index contributed by atoms with van der Waals surface area (Å²) in [5.74, 6) is 1.48. The van der Waals surface area contributed by atoms with Crippen molar-refractivity contribution in [2.24, 2.45) is 5.92 Å². The Morgan fingerprint density at radius 2 is 1.95 bits per heavy atom. The number of hydrogen-bond donors (Lipinski definition) is 0. The smallest absolute Gasteiger partial charge is 0.216 e. The normalized spacial score (nSPS) is 21.0. The van der Waals surface area contributed by atoms with Gasteiger partial charge >= 0.3 is 0 Å². The second-order valence-corrected chi connectivity index (χ2v) is 8.46. The molecule has 2 heterocycles. The minimum Gasteiger partial charge on any atom is -0.357 e. The molecule has 0 bridgehead atoms. The van der Waals surface area contributed by atoms with E-state index in [1.54, 1.807) is 11.4 Å². The summed E-state index contributed by atoms with van der Waals surface area (Å²) in [5.41, 5.74) is 0. The molecule has 1 aliphatic heterocycles. The molecule has 0 amide bonds. The van der Waals surface area contributed by atoms with Crippen LogP contribution in [0.15, 0.2) is 24.4 Å². The van der Waals surface area contributed by atoms with E-state index < -0.39 is 10.0 Å². The fourth-order valence-electron chi connectivity index (χ4n) is 2.97. The molecular formula is C15H23N3O2S. The Morgan fingerprint density at radius 3 is 2.52 bits per heavy atom. The largest absolute Gasteiger partial charge is 0.357 e. The van der Waals surface area contributed by atoms with Gasteiger partial charge in [-0.15, -0.1) is 0 Å². The van der Waals surface area contributed by atoms with Crippen molar-refractivity contribution in [1.82, 2.24) is 9.29 Å². The van der Waals surface area contributed by atoms with Crippen LogP contribution in [0.1, 0.15) is 25.7 Å². The Morgan fingerprint density at radius 1 is 1.24 bits per heavy atom. The summed E-state index contributed by atoms with van der Waals surface area (Å²) < 4.78 is 25.9. The van der Waals surface area contributed by atoms with Gasteiger partial charge in [0.15, 0.2) is 0 Å². The van der Waals surface area contributed by atoms with E-state index >= 15 is 0 Å². The molecule has 1 aromatic rings. The van der Waals surface area contributed by atoms with Crippen LogP contribution in [0.4, 0.5) is 5.82 Å². The molecule has 0 radical (unpaired) electrons. The molecular weight excluding hydrogens is 286 g/mol. The van der Waals surface area contributed by atoms with Crippen LogP contribution in [-0.4, -0.2) is 49.6 Å². The summed E-state index contributed by atoms with van der Waals surface area (Å²) in [6.07, 6.45) is 5.55. The predicted octanol–water partition coefficient (Wildman–Crippen LogP) is 1.72. The first kappa shape index (κ1) is 14.8. The van der Waals surface area contributed by atoms with Crippen LogP contribution < -0.4 is 4.90 Å². The fourth-order valence-corrected chi connectivity index (χ4v) is 4.63. The molecule has 1 aromatic heterocycles. The van der Waals surface area contributed by atoms with Crippen molar-refractivity contribution in [2.45, 2.75) is 30.9 Å². The molecule has 0 atom stereocenters. The third kappa shape index (κ3) is 3.37. The zero-order valence-corrected chi connectivity index (χ0v) is 13.3. The lowest BCUT2D eigenvalue weighted by molar-refractivity contribution is 0.327. The van der Waals surface area contributed by atoms with Gasteiger partial charge in [-0.05, 0) is 43.7 Å². The Kier molecular flexibility index (Phi) is 4.17. The number of aromatic nitrogens is 1. The molecule has 0 spiro atoms. The van der Waals surface area contributed by atoms with E-state index in [1.807, 2.05) is 24.4 Å². The van der Waals surface area contributed by atoms with Crippen molar-refractivity contribution < 1.29 is 8.42 Å². The number of rotatable bonds is 5. The highest BCUT2D eigenvalue weighted by molar-refractivity contribution is 7.90. The van der Waals surface area contributed by atoms with Gasteiger partial charge in [-0.2, -0.15) is 0 Å². The van der Waals surface area contributed by atoms with Gasteiger partial charge < -0.3 is 4.90 Å². The quantitative estimate of drug-likeness (QED) is 0.831. The zero-order chi connectivity index (χ0) is 14.9. The molecule has 3 rings (SSSR count). The first-order chi connectivity index (χ1) is 10.1. The Labute approximate surface area is 127 Å². The minimum atomic E-state index is -3.02. The van der Waals surface area contributed by atoms with Crippen LogP contribution in [-0.2, 0) is 10.0 Å². The molecule has 1 saturated carbocycles. The van der Waals surface area contributed by atoms with Crippen molar-refractivity contribution in [3.63, 3.8) is 0 Å². The van der Waals surface area contributed by atoms with Crippen LogP contribution in [0.3, 0.4) is 0 Å².